The zero-order chi connectivity index (χ0) is 12.0. The Balaban J connectivity index is 2.52. The van der Waals surface area contributed by atoms with Crippen LogP contribution in [-0.4, -0.2) is 27.4 Å². The molecule has 0 aromatic heterocycles. The Morgan fingerprint density at radius 1 is 1.12 bits per heavy atom. The highest BCUT2D eigenvalue weighted by Crippen LogP contribution is 2.43. The minimum Gasteiger partial charge on any atom is -0.384 e. The molecule has 0 bridgehead atoms. The van der Waals surface area contributed by atoms with Gasteiger partial charge in [0.25, 0.3) is 0 Å². The van der Waals surface area contributed by atoms with Gasteiger partial charge in [-0.3, -0.25) is 0 Å². The Morgan fingerprint density at radius 3 is 2.06 bits per heavy atom. The van der Waals surface area contributed by atoms with Crippen LogP contribution < -0.4 is 0 Å². The van der Waals surface area contributed by atoms with E-state index in [1.165, 1.54) is 32.1 Å². The minimum absolute atomic E-state index is 0.273. The van der Waals surface area contributed by atoms with E-state index in [-0.39, 0.29) is 5.41 Å². The van der Waals surface area contributed by atoms with Crippen molar-refractivity contribution in [3.8, 4) is 0 Å². The van der Waals surface area contributed by atoms with E-state index in [4.69, 9.17) is 9.47 Å². The first kappa shape index (κ1) is 14.0. The second-order valence-electron chi connectivity index (χ2n) is 5.95. The first-order chi connectivity index (χ1) is 7.62. The summed E-state index contributed by atoms with van der Waals surface area (Å²) in [7, 11) is 3.62. The molecule has 0 radical (unpaired) electrons. The van der Waals surface area contributed by atoms with Crippen molar-refractivity contribution in [3.63, 3.8) is 0 Å². The molecule has 96 valence electrons. The Bertz CT molecular complexity index is 179. The van der Waals surface area contributed by atoms with Gasteiger partial charge in [-0.1, -0.05) is 33.1 Å². The van der Waals surface area contributed by atoms with Crippen LogP contribution in [0.3, 0.4) is 0 Å². The summed E-state index contributed by atoms with van der Waals surface area (Å²) in [6.07, 6.45) is 6.64. The SMILES string of the molecule is COCC(CCC(C)C)(COC)CC1CC1. The van der Waals surface area contributed by atoms with Gasteiger partial charge < -0.3 is 9.47 Å². The van der Waals surface area contributed by atoms with Gasteiger partial charge in [0.15, 0.2) is 0 Å². The molecule has 16 heavy (non-hydrogen) atoms. The van der Waals surface area contributed by atoms with Crippen molar-refractivity contribution in [2.45, 2.75) is 46.0 Å². The molecular weight excluding hydrogens is 200 g/mol. The highest BCUT2D eigenvalue weighted by atomic mass is 16.5. The number of rotatable bonds is 9. The molecule has 0 N–H and O–H groups in total. The van der Waals surface area contributed by atoms with Crippen LogP contribution in [0.1, 0.15) is 46.0 Å². The summed E-state index contributed by atoms with van der Waals surface area (Å²) in [5.41, 5.74) is 0.273. The first-order valence-corrected chi connectivity index (χ1v) is 6.60. The van der Waals surface area contributed by atoms with E-state index in [0.29, 0.717) is 0 Å². The zero-order valence-electron chi connectivity index (χ0n) is 11.4. The van der Waals surface area contributed by atoms with Crippen molar-refractivity contribution in [2.75, 3.05) is 27.4 Å². The predicted molar refractivity (Wildman–Crippen MR) is 67.6 cm³/mol. The number of ether oxygens (including phenoxy) is 2. The van der Waals surface area contributed by atoms with Gasteiger partial charge in [0.2, 0.25) is 0 Å². The zero-order valence-corrected chi connectivity index (χ0v) is 11.4. The highest BCUT2D eigenvalue weighted by Gasteiger charge is 2.37. The number of hydrogen-bond donors (Lipinski definition) is 0. The third-order valence-corrected chi connectivity index (χ3v) is 3.57. The average molecular weight is 228 g/mol. The van der Waals surface area contributed by atoms with E-state index < -0.39 is 0 Å². The highest BCUT2D eigenvalue weighted by molar-refractivity contribution is 4.87. The van der Waals surface area contributed by atoms with Gasteiger partial charge in [0.05, 0.1) is 13.2 Å². The lowest BCUT2D eigenvalue weighted by atomic mass is 9.78. The normalized spacial score (nSPS) is 17.1. The molecule has 0 aliphatic heterocycles. The quantitative estimate of drug-likeness (QED) is 0.601. The van der Waals surface area contributed by atoms with Crippen LogP contribution in [0.2, 0.25) is 0 Å². The maximum Gasteiger partial charge on any atom is 0.0540 e. The molecule has 1 saturated carbocycles. The van der Waals surface area contributed by atoms with E-state index in [9.17, 15) is 0 Å². The summed E-state index contributed by atoms with van der Waals surface area (Å²) in [6.45, 7) is 6.29. The molecule has 1 fully saturated rings. The van der Waals surface area contributed by atoms with Crippen molar-refractivity contribution in [1.82, 2.24) is 0 Å². The average Bonchev–Trinajstić information content (AvgIpc) is 2.99. The number of methoxy groups -OCH3 is 2. The molecule has 0 amide bonds. The summed E-state index contributed by atoms with van der Waals surface area (Å²) >= 11 is 0. The standard InChI is InChI=1S/C14H28O2/c1-12(2)7-8-14(10-15-3,11-16-4)9-13-5-6-13/h12-13H,5-11H2,1-4H3. The Kier molecular flexibility index (Phi) is 5.77. The van der Waals surface area contributed by atoms with E-state index in [1.54, 1.807) is 0 Å². The second kappa shape index (κ2) is 6.61. The molecule has 0 aromatic carbocycles. The van der Waals surface area contributed by atoms with Gasteiger partial charge in [0, 0.05) is 19.6 Å². The topological polar surface area (TPSA) is 18.5 Å². The summed E-state index contributed by atoms with van der Waals surface area (Å²) in [5.74, 6) is 1.71. The van der Waals surface area contributed by atoms with E-state index in [0.717, 1.165) is 25.0 Å². The molecule has 0 saturated heterocycles. The van der Waals surface area contributed by atoms with Gasteiger partial charge in [-0.2, -0.15) is 0 Å². The Hall–Kier alpha value is -0.0800. The summed E-state index contributed by atoms with van der Waals surface area (Å²) in [5, 5.41) is 0. The van der Waals surface area contributed by atoms with Gasteiger partial charge in [-0.25, -0.2) is 0 Å². The van der Waals surface area contributed by atoms with Crippen molar-refractivity contribution in [1.29, 1.82) is 0 Å². The molecule has 0 aromatic rings. The molecule has 0 atom stereocenters. The molecule has 0 unspecified atom stereocenters. The third kappa shape index (κ3) is 4.84. The fraction of sp³-hybridized carbons (Fsp3) is 1.00. The van der Waals surface area contributed by atoms with E-state index in [2.05, 4.69) is 13.8 Å². The van der Waals surface area contributed by atoms with Crippen molar-refractivity contribution in [2.24, 2.45) is 17.3 Å². The van der Waals surface area contributed by atoms with Crippen LogP contribution in [0.15, 0.2) is 0 Å². The molecule has 1 aliphatic carbocycles. The molecule has 2 nitrogen and oxygen atoms in total. The van der Waals surface area contributed by atoms with Crippen LogP contribution in [0.25, 0.3) is 0 Å². The van der Waals surface area contributed by atoms with Gasteiger partial charge in [0.1, 0.15) is 0 Å². The van der Waals surface area contributed by atoms with Crippen LogP contribution >= 0.6 is 0 Å². The van der Waals surface area contributed by atoms with E-state index in [1.807, 2.05) is 14.2 Å². The second-order valence-corrected chi connectivity index (χ2v) is 5.95. The fourth-order valence-corrected chi connectivity index (χ4v) is 2.55. The molecular formula is C14H28O2. The Labute approximate surface area is 101 Å². The summed E-state index contributed by atoms with van der Waals surface area (Å²) < 4.78 is 10.9. The summed E-state index contributed by atoms with van der Waals surface area (Å²) in [4.78, 5) is 0. The van der Waals surface area contributed by atoms with Crippen LogP contribution in [0.4, 0.5) is 0 Å². The van der Waals surface area contributed by atoms with Crippen molar-refractivity contribution in [3.05, 3.63) is 0 Å². The lowest BCUT2D eigenvalue weighted by Gasteiger charge is -2.33. The maximum absolute atomic E-state index is 5.44. The third-order valence-electron chi connectivity index (χ3n) is 3.57. The summed E-state index contributed by atoms with van der Waals surface area (Å²) in [6, 6.07) is 0. The van der Waals surface area contributed by atoms with Crippen LogP contribution in [0.5, 0.6) is 0 Å². The van der Waals surface area contributed by atoms with Crippen LogP contribution in [0, 0.1) is 17.3 Å². The number of hydrogen-bond acceptors (Lipinski definition) is 2. The molecule has 1 rings (SSSR count). The Morgan fingerprint density at radius 2 is 1.69 bits per heavy atom. The predicted octanol–water partition coefficient (Wildman–Crippen LogP) is 3.50. The van der Waals surface area contributed by atoms with Gasteiger partial charge in [-0.05, 0) is 24.7 Å². The molecule has 2 heteroatoms. The van der Waals surface area contributed by atoms with Crippen LogP contribution in [-0.2, 0) is 9.47 Å². The van der Waals surface area contributed by atoms with Crippen molar-refractivity contribution >= 4 is 0 Å². The van der Waals surface area contributed by atoms with Crippen molar-refractivity contribution < 1.29 is 9.47 Å². The minimum atomic E-state index is 0.273. The molecule has 0 heterocycles. The first-order valence-electron chi connectivity index (χ1n) is 6.60. The van der Waals surface area contributed by atoms with Gasteiger partial charge >= 0.3 is 0 Å². The lowest BCUT2D eigenvalue weighted by molar-refractivity contribution is -0.00794. The maximum atomic E-state index is 5.44. The molecule has 1 aliphatic rings. The smallest absolute Gasteiger partial charge is 0.0540 e. The van der Waals surface area contributed by atoms with E-state index >= 15 is 0 Å². The lowest BCUT2D eigenvalue weighted by Crippen LogP contribution is -2.33. The van der Waals surface area contributed by atoms with Gasteiger partial charge in [-0.15, -0.1) is 0 Å². The molecule has 0 spiro atoms. The monoisotopic (exact) mass is 228 g/mol. The largest absolute Gasteiger partial charge is 0.384 e. The fourth-order valence-electron chi connectivity index (χ4n) is 2.55.